The smallest absolute Gasteiger partial charge is 0.335 e. The fourth-order valence-corrected chi connectivity index (χ4v) is 2.66. The normalized spacial score (nSPS) is 19.7. The number of hydrogen-bond acceptors (Lipinski definition) is 3. The average Bonchev–Trinajstić information content (AvgIpc) is 2.61. The molecule has 0 bridgehead atoms. The minimum Gasteiger partial charge on any atom is -0.478 e. The first-order valence-corrected chi connectivity index (χ1v) is 6.36. The van der Waals surface area contributed by atoms with Gasteiger partial charge in [0.2, 0.25) is 5.91 Å². The van der Waals surface area contributed by atoms with Crippen LogP contribution < -0.4 is 0 Å². The maximum atomic E-state index is 11.6. The Morgan fingerprint density at radius 3 is 2.59 bits per heavy atom. The SMILES string of the molecule is CC1SCC(=O)N1Cc1ccc(C(=O)O)cc1. The third kappa shape index (κ3) is 2.61. The van der Waals surface area contributed by atoms with E-state index >= 15 is 0 Å². The zero-order valence-corrected chi connectivity index (χ0v) is 10.2. The van der Waals surface area contributed by atoms with Crippen molar-refractivity contribution in [3.8, 4) is 0 Å². The summed E-state index contributed by atoms with van der Waals surface area (Å²) in [5.74, 6) is -0.253. The predicted octanol–water partition coefficient (Wildman–Crippen LogP) is 1.81. The molecule has 2 rings (SSSR count). The van der Waals surface area contributed by atoms with Crippen LogP contribution in [0.5, 0.6) is 0 Å². The summed E-state index contributed by atoms with van der Waals surface area (Å²) in [5.41, 5.74) is 1.22. The van der Waals surface area contributed by atoms with Crippen LogP contribution in [-0.4, -0.2) is 33.0 Å². The molecule has 1 aromatic carbocycles. The van der Waals surface area contributed by atoms with Gasteiger partial charge in [0.15, 0.2) is 0 Å². The van der Waals surface area contributed by atoms with Gasteiger partial charge in [-0.3, -0.25) is 4.79 Å². The van der Waals surface area contributed by atoms with Crippen molar-refractivity contribution in [2.45, 2.75) is 18.8 Å². The lowest BCUT2D eigenvalue weighted by atomic mass is 10.1. The Bertz CT molecular complexity index is 444. The molecule has 1 aliphatic heterocycles. The van der Waals surface area contributed by atoms with Crippen molar-refractivity contribution in [3.05, 3.63) is 35.4 Å². The Hall–Kier alpha value is -1.49. The third-order valence-electron chi connectivity index (χ3n) is 2.76. The topological polar surface area (TPSA) is 57.6 Å². The third-order valence-corrected chi connectivity index (χ3v) is 3.91. The Kier molecular flexibility index (Phi) is 3.38. The summed E-state index contributed by atoms with van der Waals surface area (Å²) in [4.78, 5) is 24.1. The van der Waals surface area contributed by atoms with Crippen molar-refractivity contribution >= 4 is 23.6 Å². The largest absolute Gasteiger partial charge is 0.478 e. The second-order valence-electron chi connectivity index (χ2n) is 3.93. The summed E-state index contributed by atoms with van der Waals surface area (Å²) >= 11 is 1.62. The lowest BCUT2D eigenvalue weighted by Crippen LogP contribution is -2.30. The van der Waals surface area contributed by atoms with Crippen molar-refractivity contribution in [1.82, 2.24) is 4.90 Å². The molecule has 90 valence electrons. The van der Waals surface area contributed by atoms with Crippen LogP contribution in [0.2, 0.25) is 0 Å². The van der Waals surface area contributed by atoms with Crippen LogP contribution in [0, 0.1) is 0 Å². The molecule has 1 fully saturated rings. The molecule has 1 aliphatic rings. The number of benzene rings is 1. The van der Waals surface area contributed by atoms with Gasteiger partial charge in [-0.05, 0) is 24.6 Å². The number of nitrogens with zero attached hydrogens (tertiary/aromatic N) is 1. The number of rotatable bonds is 3. The number of aromatic carboxylic acids is 1. The van der Waals surface area contributed by atoms with Crippen LogP contribution in [0.4, 0.5) is 0 Å². The molecule has 0 saturated carbocycles. The summed E-state index contributed by atoms with van der Waals surface area (Å²) in [6.45, 7) is 2.55. The van der Waals surface area contributed by atoms with Gasteiger partial charge in [-0.2, -0.15) is 0 Å². The van der Waals surface area contributed by atoms with E-state index in [0.717, 1.165) is 5.56 Å². The van der Waals surface area contributed by atoms with Gasteiger partial charge in [-0.15, -0.1) is 11.8 Å². The first-order chi connectivity index (χ1) is 8.08. The van der Waals surface area contributed by atoms with Crippen LogP contribution in [0.15, 0.2) is 24.3 Å². The summed E-state index contributed by atoms with van der Waals surface area (Å²) in [6.07, 6.45) is 0. The molecule has 17 heavy (non-hydrogen) atoms. The average molecular weight is 251 g/mol. The molecule has 0 radical (unpaired) electrons. The molecule has 5 heteroatoms. The second-order valence-corrected chi connectivity index (χ2v) is 5.24. The van der Waals surface area contributed by atoms with E-state index in [1.165, 1.54) is 0 Å². The number of carbonyl (C=O) groups is 2. The molecule has 1 amide bonds. The lowest BCUT2D eigenvalue weighted by molar-refractivity contribution is -0.128. The van der Waals surface area contributed by atoms with Crippen LogP contribution in [0.3, 0.4) is 0 Å². The van der Waals surface area contributed by atoms with Crippen molar-refractivity contribution < 1.29 is 14.7 Å². The van der Waals surface area contributed by atoms with E-state index in [-0.39, 0.29) is 16.8 Å². The minimum atomic E-state index is -0.933. The highest BCUT2D eigenvalue weighted by atomic mass is 32.2. The van der Waals surface area contributed by atoms with Crippen LogP contribution in [0.25, 0.3) is 0 Å². The van der Waals surface area contributed by atoms with Gasteiger partial charge in [0.25, 0.3) is 0 Å². The van der Waals surface area contributed by atoms with Gasteiger partial charge >= 0.3 is 5.97 Å². The van der Waals surface area contributed by atoms with Crippen molar-refractivity contribution in [1.29, 1.82) is 0 Å². The Morgan fingerprint density at radius 2 is 2.12 bits per heavy atom. The molecule has 1 saturated heterocycles. The molecule has 0 aliphatic carbocycles. The highest BCUT2D eigenvalue weighted by molar-refractivity contribution is 8.00. The molecule has 1 aromatic rings. The molecule has 1 N–H and O–H groups in total. The summed E-state index contributed by atoms with van der Waals surface area (Å²) in [7, 11) is 0. The molecule has 0 spiro atoms. The van der Waals surface area contributed by atoms with Gasteiger partial charge in [0.1, 0.15) is 0 Å². The molecule has 0 aromatic heterocycles. The molecule has 1 atom stereocenters. The van der Waals surface area contributed by atoms with Crippen LogP contribution in [-0.2, 0) is 11.3 Å². The zero-order chi connectivity index (χ0) is 12.4. The van der Waals surface area contributed by atoms with Crippen molar-refractivity contribution in [2.75, 3.05) is 5.75 Å². The molecule has 1 unspecified atom stereocenters. The fourth-order valence-electron chi connectivity index (χ4n) is 1.73. The van der Waals surface area contributed by atoms with Crippen LogP contribution in [0.1, 0.15) is 22.8 Å². The van der Waals surface area contributed by atoms with Gasteiger partial charge < -0.3 is 10.0 Å². The van der Waals surface area contributed by atoms with E-state index in [0.29, 0.717) is 12.3 Å². The van der Waals surface area contributed by atoms with Gasteiger partial charge in [0.05, 0.1) is 16.7 Å². The first-order valence-electron chi connectivity index (χ1n) is 5.31. The lowest BCUT2D eigenvalue weighted by Gasteiger charge is -2.20. The maximum Gasteiger partial charge on any atom is 0.335 e. The number of carboxylic acids is 1. The highest BCUT2D eigenvalue weighted by Gasteiger charge is 2.27. The molecule has 4 nitrogen and oxygen atoms in total. The molecular formula is C12H13NO3S. The quantitative estimate of drug-likeness (QED) is 0.890. The Labute approximate surface area is 104 Å². The highest BCUT2D eigenvalue weighted by Crippen LogP contribution is 2.25. The summed E-state index contributed by atoms with van der Waals surface area (Å²) in [5, 5.41) is 8.97. The number of carbonyl (C=O) groups excluding carboxylic acids is 1. The number of hydrogen-bond donors (Lipinski definition) is 1. The molecule has 1 heterocycles. The second kappa shape index (κ2) is 4.79. The zero-order valence-electron chi connectivity index (χ0n) is 9.42. The van der Waals surface area contributed by atoms with Crippen molar-refractivity contribution in [3.63, 3.8) is 0 Å². The predicted molar refractivity (Wildman–Crippen MR) is 65.9 cm³/mol. The molecular weight excluding hydrogens is 238 g/mol. The van der Waals surface area contributed by atoms with E-state index in [1.54, 1.807) is 40.9 Å². The maximum absolute atomic E-state index is 11.6. The number of thioether (sulfide) groups is 1. The first kappa shape index (κ1) is 12.0. The van der Waals surface area contributed by atoms with E-state index < -0.39 is 5.97 Å². The summed E-state index contributed by atoms with van der Waals surface area (Å²) < 4.78 is 0. The van der Waals surface area contributed by atoms with E-state index in [4.69, 9.17) is 5.11 Å². The summed E-state index contributed by atoms with van der Waals surface area (Å²) in [6, 6.07) is 6.64. The standard InChI is InChI=1S/C12H13NO3S/c1-8-13(11(14)7-17-8)6-9-2-4-10(5-3-9)12(15)16/h2-5,8H,6-7H2,1H3,(H,15,16). The minimum absolute atomic E-state index is 0.143. The van der Waals surface area contributed by atoms with Crippen molar-refractivity contribution in [2.24, 2.45) is 0 Å². The van der Waals surface area contributed by atoms with E-state index in [1.807, 2.05) is 6.92 Å². The Morgan fingerprint density at radius 1 is 1.47 bits per heavy atom. The Balaban J connectivity index is 2.08. The van der Waals surface area contributed by atoms with Crippen LogP contribution >= 0.6 is 11.8 Å². The monoisotopic (exact) mass is 251 g/mol. The van der Waals surface area contributed by atoms with Gasteiger partial charge in [0, 0.05) is 6.54 Å². The van der Waals surface area contributed by atoms with E-state index in [2.05, 4.69) is 0 Å². The van der Waals surface area contributed by atoms with Gasteiger partial charge in [-0.25, -0.2) is 4.79 Å². The number of amides is 1. The van der Waals surface area contributed by atoms with Gasteiger partial charge in [-0.1, -0.05) is 12.1 Å². The number of carboxylic acid groups (broad SMARTS) is 1. The fraction of sp³-hybridized carbons (Fsp3) is 0.333. The van der Waals surface area contributed by atoms with E-state index in [9.17, 15) is 9.59 Å².